The summed E-state index contributed by atoms with van der Waals surface area (Å²) in [6.07, 6.45) is 0.890. The molecule has 3 N–H and O–H groups in total. The second kappa shape index (κ2) is 9.92. The lowest BCUT2D eigenvalue weighted by Crippen LogP contribution is -2.30. The lowest BCUT2D eigenvalue weighted by molar-refractivity contribution is 0.241. The predicted octanol–water partition coefficient (Wildman–Crippen LogP) is 4.95. The van der Waals surface area contributed by atoms with E-state index in [2.05, 4.69) is 43.3 Å². The van der Waals surface area contributed by atoms with E-state index in [4.69, 9.17) is 10.6 Å². The van der Waals surface area contributed by atoms with Gasteiger partial charge < -0.3 is 9.84 Å². The first kappa shape index (κ1) is 20.6. The van der Waals surface area contributed by atoms with Crippen molar-refractivity contribution >= 4 is 11.1 Å². The van der Waals surface area contributed by atoms with Crippen LogP contribution in [0.5, 0.6) is 11.5 Å². The molecule has 3 rings (SSSR count). The molecule has 4 nitrogen and oxygen atoms in total. The van der Waals surface area contributed by atoms with Crippen molar-refractivity contribution in [3.63, 3.8) is 0 Å². The normalized spacial score (nSPS) is 12.0. The van der Waals surface area contributed by atoms with Gasteiger partial charge in [-0.2, -0.15) is 0 Å². The maximum atomic E-state index is 9.73. The van der Waals surface area contributed by atoms with Crippen LogP contribution in [0.4, 0.5) is 0 Å². The number of hydrogen-bond donors (Lipinski definition) is 2. The molecule has 0 amide bonds. The first-order valence-corrected chi connectivity index (χ1v) is 9.85. The molecule has 0 saturated carbocycles. The quantitative estimate of drug-likeness (QED) is 0.326. The molecule has 0 bridgehead atoms. The van der Waals surface area contributed by atoms with Crippen LogP contribution in [0.1, 0.15) is 30.0 Å². The van der Waals surface area contributed by atoms with E-state index in [1.807, 2.05) is 37.4 Å². The minimum absolute atomic E-state index is 0.263. The number of phenolic OH excluding ortho intramolecular Hbond substituents is 1. The molecule has 0 fully saturated rings. The molecule has 0 aliphatic rings. The van der Waals surface area contributed by atoms with Gasteiger partial charge in [0, 0.05) is 13.6 Å². The molecule has 0 heterocycles. The fraction of sp³-hybridized carbons (Fsp3) is 0.200. The minimum Gasteiger partial charge on any atom is -0.508 e. The number of hydrogen-bond acceptors (Lipinski definition) is 4. The SMILES string of the molecule is CC/C(=C(\c1ccc(O)cc1)c1ccc(OCCN(C)N)cc1)c1ccccc1. The zero-order chi connectivity index (χ0) is 20.6. The smallest absolute Gasteiger partial charge is 0.119 e. The van der Waals surface area contributed by atoms with Crippen LogP contribution in [0, 0.1) is 0 Å². The number of nitrogens with zero attached hydrogens (tertiary/aromatic N) is 1. The predicted molar refractivity (Wildman–Crippen MR) is 120 cm³/mol. The van der Waals surface area contributed by atoms with E-state index in [1.54, 1.807) is 17.1 Å². The van der Waals surface area contributed by atoms with Crippen molar-refractivity contribution in [3.8, 4) is 11.5 Å². The second-order valence-electron chi connectivity index (χ2n) is 6.97. The van der Waals surface area contributed by atoms with Gasteiger partial charge in [0.1, 0.15) is 18.1 Å². The molecule has 0 aliphatic carbocycles. The van der Waals surface area contributed by atoms with Crippen LogP contribution in [-0.4, -0.2) is 30.3 Å². The van der Waals surface area contributed by atoms with Gasteiger partial charge >= 0.3 is 0 Å². The Labute approximate surface area is 172 Å². The van der Waals surface area contributed by atoms with Crippen molar-refractivity contribution in [2.75, 3.05) is 20.2 Å². The third-order valence-electron chi connectivity index (χ3n) is 4.79. The molecule has 4 heteroatoms. The molecule has 0 saturated heterocycles. The summed E-state index contributed by atoms with van der Waals surface area (Å²) in [5, 5.41) is 11.3. The Morgan fingerprint density at radius 3 is 2.00 bits per heavy atom. The maximum absolute atomic E-state index is 9.73. The van der Waals surface area contributed by atoms with Crippen molar-refractivity contribution in [2.45, 2.75) is 13.3 Å². The average Bonchev–Trinajstić information content (AvgIpc) is 2.74. The number of allylic oxidation sites excluding steroid dienone is 1. The van der Waals surface area contributed by atoms with Gasteiger partial charge in [-0.05, 0) is 58.5 Å². The standard InChI is InChI=1S/C25H28N2O2/c1-3-24(19-7-5-4-6-8-19)25(20-9-13-22(28)14-10-20)21-11-15-23(16-12-21)29-18-17-27(2)26/h4-16,28H,3,17-18,26H2,1-2H3/b25-24-. The Balaban J connectivity index is 2.02. The fourth-order valence-corrected chi connectivity index (χ4v) is 3.33. The van der Waals surface area contributed by atoms with E-state index in [9.17, 15) is 5.11 Å². The van der Waals surface area contributed by atoms with Crippen LogP contribution in [0.3, 0.4) is 0 Å². The molecule has 3 aromatic rings. The van der Waals surface area contributed by atoms with Crippen molar-refractivity contribution < 1.29 is 9.84 Å². The summed E-state index contributed by atoms with van der Waals surface area (Å²) in [5.41, 5.74) is 5.80. The summed E-state index contributed by atoms with van der Waals surface area (Å²) in [6.45, 7) is 3.37. The highest BCUT2D eigenvalue weighted by molar-refractivity contribution is 5.98. The summed E-state index contributed by atoms with van der Waals surface area (Å²) in [7, 11) is 1.82. The molecule has 0 atom stereocenters. The zero-order valence-electron chi connectivity index (χ0n) is 17.0. The van der Waals surface area contributed by atoms with E-state index >= 15 is 0 Å². The largest absolute Gasteiger partial charge is 0.508 e. The molecule has 150 valence electrons. The summed E-state index contributed by atoms with van der Waals surface area (Å²) in [6, 6.07) is 26.0. The number of phenols is 1. The second-order valence-corrected chi connectivity index (χ2v) is 6.97. The van der Waals surface area contributed by atoms with E-state index in [1.165, 1.54) is 11.1 Å². The Hall–Kier alpha value is -3.08. The fourth-order valence-electron chi connectivity index (χ4n) is 3.33. The average molecular weight is 389 g/mol. The van der Waals surface area contributed by atoms with Gasteiger partial charge in [0.05, 0.1) is 0 Å². The topological polar surface area (TPSA) is 58.7 Å². The molecule has 3 aromatic carbocycles. The van der Waals surface area contributed by atoms with E-state index in [0.29, 0.717) is 13.2 Å². The Bertz CT molecular complexity index is 931. The highest BCUT2D eigenvalue weighted by Gasteiger charge is 2.13. The highest BCUT2D eigenvalue weighted by atomic mass is 16.5. The van der Waals surface area contributed by atoms with Crippen molar-refractivity contribution in [1.82, 2.24) is 5.01 Å². The summed E-state index contributed by atoms with van der Waals surface area (Å²) in [5.74, 6) is 6.71. The molecule has 29 heavy (non-hydrogen) atoms. The van der Waals surface area contributed by atoms with Crippen LogP contribution in [0.2, 0.25) is 0 Å². The molecule has 0 spiro atoms. The van der Waals surface area contributed by atoms with Gasteiger partial charge in [-0.25, -0.2) is 5.01 Å². The third-order valence-corrected chi connectivity index (χ3v) is 4.79. The van der Waals surface area contributed by atoms with Gasteiger partial charge in [-0.3, -0.25) is 5.84 Å². The summed E-state index contributed by atoms with van der Waals surface area (Å²) >= 11 is 0. The molecule has 0 aromatic heterocycles. The zero-order valence-corrected chi connectivity index (χ0v) is 17.0. The number of likely N-dealkylation sites (N-methyl/N-ethyl adjacent to an activating group) is 1. The molecule has 0 unspecified atom stereocenters. The van der Waals surface area contributed by atoms with Crippen molar-refractivity contribution in [3.05, 3.63) is 95.6 Å². The van der Waals surface area contributed by atoms with Crippen LogP contribution in [0.15, 0.2) is 78.9 Å². The van der Waals surface area contributed by atoms with E-state index in [0.717, 1.165) is 28.9 Å². The number of aromatic hydroxyl groups is 1. The number of nitrogens with two attached hydrogens (primary N) is 1. The van der Waals surface area contributed by atoms with Gasteiger partial charge in [-0.1, -0.05) is 61.5 Å². The Morgan fingerprint density at radius 2 is 1.45 bits per heavy atom. The minimum atomic E-state index is 0.263. The van der Waals surface area contributed by atoms with Crippen LogP contribution in [0.25, 0.3) is 11.1 Å². The van der Waals surface area contributed by atoms with Gasteiger partial charge in [0.25, 0.3) is 0 Å². The lowest BCUT2D eigenvalue weighted by atomic mass is 9.88. The van der Waals surface area contributed by atoms with Gasteiger partial charge in [-0.15, -0.1) is 0 Å². The van der Waals surface area contributed by atoms with Crippen molar-refractivity contribution in [1.29, 1.82) is 0 Å². The first-order chi connectivity index (χ1) is 14.1. The van der Waals surface area contributed by atoms with Crippen LogP contribution in [-0.2, 0) is 0 Å². The maximum Gasteiger partial charge on any atom is 0.119 e. The first-order valence-electron chi connectivity index (χ1n) is 9.85. The van der Waals surface area contributed by atoms with Crippen LogP contribution < -0.4 is 10.6 Å². The molecule has 0 aliphatic heterocycles. The number of ether oxygens (including phenoxy) is 1. The van der Waals surface area contributed by atoms with Gasteiger partial charge in [0.2, 0.25) is 0 Å². The Morgan fingerprint density at radius 1 is 0.862 bits per heavy atom. The molecular formula is C25H28N2O2. The summed E-state index contributed by atoms with van der Waals surface area (Å²) < 4.78 is 5.77. The lowest BCUT2D eigenvalue weighted by Gasteiger charge is -2.17. The summed E-state index contributed by atoms with van der Waals surface area (Å²) in [4.78, 5) is 0. The Kier molecular flexibility index (Phi) is 7.06. The monoisotopic (exact) mass is 388 g/mol. The van der Waals surface area contributed by atoms with E-state index in [-0.39, 0.29) is 5.75 Å². The van der Waals surface area contributed by atoms with Gasteiger partial charge in [0.15, 0.2) is 0 Å². The number of benzene rings is 3. The highest BCUT2D eigenvalue weighted by Crippen LogP contribution is 2.35. The van der Waals surface area contributed by atoms with Crippen molar-refractivity contribution in [2.24, 2.45) is 5.84 Å². The molecule has 0 radical (unpaired) electrons. The number of hydrazine groups is 1. The van der Waals surface area contributed by atoms with E-state index < -0.39 is 0 Å². The number of rotatable bonds is 8. The molecular weight excluding hydrogens is 360 g/mol. The third kappa shape index (κ3) is 5.47. The van der Waals surface area contributed by atoms with Crippen LogP contribution >= 0.6 is 0 Å².